The third-order valence-electron chi connectivity index (χ3n) is 8.37. The fourth-order valence-corrected chi connectivity index (χ4v) is 7.27. The summed E-state index contributed by atoms with van der Waals surface area (Å²) in [6, 6.07) is 0. The minimum Gasteiger partial charge on any atom is -0.367 e. The van der Waals surface area contributed by atoms with Crippen LogP contribution in [0.4, 0.5) is 0 Å². The van der Waals surface area contributed by atoms with Gasteiger partial charge in [0.2, 0.25) is 0 Å². The minimum absolute atomic E-state index is 0.127. The largest absolute Gasteiger partial charge is 0.367 e. The number of Topliss-reactive ketones (excluding diaryl/α,β-unsaturated/α-hetero) is 1. The zero-order chi connectivity index (χ0) is 15.5. The van der Waals surface area contributed by atoms with Gasteiger partial charge in [-0.25, -0.2) is 0 Å². The van der Waals surface area contributed by atoms with E-state index in [4.69, 9.17) is 0 Å². The molecule has 3 nitrogen and oxygen atoms in total. The Morgan fingerprint density at radius 2 is 1.82 bits per heavy atom. The second-order valence-electron chi connectivity index (χ2n) is 8.82. The number of rotatable bonds is 1. The number of hydrogen-bond acceptors (Lipinski definition) is 3. The van der Waals surface area contributed by atoms with E-state index in [0.717, 1.165) is 18.8 Å². The first kappa shape index (κ1) is 15.1. The summed E-state index contributed by atoms with van der Waals surface area (Å²) in [5, 5.41) is 20.1. The highest BCUT2D eigenvalue weighted by molar-refractivity contribution is 5.88. The van der Waals surface area contributed by atoms with Gasteiger partial charge in [0.05, 0.1) is 5.41 Å². The standard InChI is InChI=1S/C19H30O3/c1-18-10-3-2-4-12(18)5-6-13-14(18)9-11-19(17(21)22)15(13)7-8-16(19)20/h12-15,17,21-22H,2-11H2,1H3/t12?,13-,14+,15+,18+,19-/m1/s1. The van der Waals surface area contributed by atoms with Crippen molar-refractivity contribution in [2.75, 3.05) is 0 Å². The molecule has 0 heterocycles. The predicted molar refractivity (Wildman–Crippen MR) is 83.9 cm³/mol. The average Bonchev–Trinajstić information content (AvgIpc) is 2.85. The molecule has 4 aliphatic rings. The van der Waals surface area contributed by atoms with Crippen molar-refractivity contribution in [2.24, 2.45) is 34.5 Å². The predicted octanol–water partition coefficient (Wildman–Crippen LogP) is 3.28. The summed E-state index contributed by atoms with van der Waals surface area (Å²) in [6.45, 7) is 2.51. The highest BCUT2D eigenvalue weighted by Gasteiger charge is 2.63. The van der Waals surface area contributed by atoms with Crippen molar-refractivity contribution in [3.8, 4) is 0 Å². The van der Waals surface area contributed by atoms with E-state index in [0.29, 0.717) is 30.1 Å². The van der Waals surface area contributed by atoms with Crippen LogP contribution in [0, 0.1) is 34.5 Å². The molecule has 0 aliphatic heterocycles. The number of hydrogen-bond donors (Lipinski definition) is 2. The normalized spacial score (nSPS) is 51.4. The maximum absolute atomic E-state index is 12.5. The molecule has 6 atom stereocenters. The molecule has 0 saturated heterocycles. The van der Waals surface area contributed by atoms with Gasteiger partial charge >= 0.3 is 0 Å². The summed E-state index contributed by atoms with van der Waals surface area (Å²) in [5.41, 5.74) is -0.377. The zero-order valence-electron chi connectivity index (χ0n) is 13.8. The van der Waals surface area contributed by atoms with Crippen molar-refractivity contribution < 1.29 is 15.0 Å². The van der Waals surface area contributed by atoms with E-state index in [-0.39, 0.29) is 11.7 Å². The van der Waals surface area contributed by atoms with Crippen LogP contribution in [0.15, 0.2) is 0 Å². The van der Waals surface area contributed by atoms with Gasteiger partial charge in [-0.05, 0) is 74.0 Å². The lowest BCUT2D eigenvalue weighted by Gasteiger charge is -2.60. The summed E-state index contributed by atoms with van der Waals surface area (Å²) in [6.07, 6.45) is 9.69. The van der Waals surface area contributed by atoms with Crippen molar-refractivity contribution in [3.63, 3.8) is 0 Å². The lowest BCUT2D eigenvalue weighted by molar-refractivity contribution is -0.199. The monoisotopic (exact) mass is 306 g/mol. The Morgan fingerprint density at radius 1 is 1.00 bits per heavy atom. The van der Waals surface area contributed by atoms with Gasteiger partial charge < -0.3 is 10.2 Å². The molecule has 0 amide bonds. The molecule has 0 aromatic rings. The van der Waals surface area contributed by atoms with Crippen molar-refractivity contribution in [1.29, 1.82) is 0 Å². The third-order valence-corrected chi connectivity index (χ3v) is 8.37. The summed E-state index contributed by atoms with van der Waals surface area (Å²) >= 11 is 0. The van der Waals surface area contributed by atoms with Gasteiger partial charge in [-0.2, -0.15) is 0 Å². The quantitative estimate of drug-likeness (QED) is 0.731. The lowest BCUT2D eigenvalue weighted by Crippen LogP contribution is -2.56. The first-order chi connectivity index (χ1) is 10.5. The number of carbonyl (C=O) groups excluding carboxylic acids is 1. The molecular formula is C19H30O3. The topological polar surface area (TPSA) is 57.5 Å². The van der Waals surface area contributed by atoms with E-state index < -0.39 is 11.7 Å². The van der Waals surface area contributed by atoms with E-state index >= 15 is 0 Å². The van der Waals surface area contributed by atoms with Crippen LogP contribution < -0.4 is 0 Å². The van der Waals surface area contributed by atoms with E-state index in [9.17, 15) is 15.0 Å². The molecule has 0 bridgehead atoms. The van der Waals surface area contributed by atoms with Crippen LogP contribution in [0.5, 0.6) is 0 Å². The molecule has 4 saturated carbocycles. The Bertz CT molecular complexity index is 473. The molecule has 22 heavy (non-hydrogen) atoms. The fourth-order valence-electron chi connectivity index (χ4n) is 7.27. The Balaban J connectivity index is 1.68. The zero-order valence-corrected chi connectivity index (χ0v) is 13.8. The molecule has 2 N–H and O–H groups in total. The minimum atomic E-state index is -1.45. The molecule has 0 spiro atoms. The van der Waals surface area contributed by atoms with Gasteiger partial charge in [-0.15, -0.1) is 0 Å². The van der Waals surface area contributed by atoms with Crippen LogP contribution in [0.25, 0.3) is 0 Å². The first-order valence-electron chi connectivity index (χ1n) is 9.39. The van der Waals surface area contributed by atoms with E-state index in [1.54, 1.807) is 0 Å². The molecular weight excluding hydrogens is 276 g/mol. The van der Waals surface area contributed by atoms with E-state index in [2.05, 4.69) is 6.92 Å². The average molecular weight is 306 g/mol. The van der Waals surface area contributed by atoms with Crippen molar-refractivity contribution in [3.05, 3.63) is 0 Å². The van der Waals surface area contributed by atoms with Gasteiger partial charge in [0.15, 0.2) is 6.29 Å². The number of fused-ring (bicyclic) bond motifs is 5. The van der Waals surface area contributed by atoms with Crippen molar-refractivity contribution in [1.82, 2.24) is 0 Å². The van der Waals surface area contributed by atoms with Crippen LogP contribution in [-0.2, 0) is 4.79 Å². The second kappa shape index (κ2) is 5.04. The smallest absolute Gasteiger partial charge is 0.164 e. The van der Waals surface area contributed by atoms with Crippen LogP contribution in [0.1, 0.15) is 71.1 Å². The van der Waals surface area contributed by atoms with Gasteiger partial charge in [0.25, 0.3) is 0 Å². The maximum atomic E-state index is 12.5. The first-order valence-corrected chi connectivity index (χ1v) is 9.39. The van der Waals surface area contributed by atoms with Crippen molar-refractivity contribution >= 4 is 5.78 Å². The maximum Gasteiger partial charge on any atom is 0.164 e. The number of ketones is 1. The van der Waals surface area contributed by atoms with E-state index in [1.807, 2.05) is 0 Å². The Kier molecular flexibility index (Phi) is 3.47. The molecule has 4 fully saturated rings. The second-order valence-corrected chi connectivity index (χ2v) is 8.82. The van der Waals surface area contributed by atoms with Gasteiger partial charge in [-0.1, -0.05) is 19.8 Å². The highest BCUT2D eigenvalue weighted by Crippen LogP contribution is 2.66. The van der Waals surface area contributed by atoms with Gasteiger partial charge in [-0.3, -0.25) is 4.79 Å². The molecule has 0 radical (unpaired) electrons. The van der Waals surface area contributed by atoms with E-state index in [1.165, 1.54) is 38.5 Å². The lowest BCUT2D eigenvalue weighted by atomic mass is 9.45. The fraction of sp³-hybridized carbons (Fsp3) is 0.947. The molecule has 124 valence electrons. The molecule has 1 unspecified atom stereocenters. The number of carbonyl (C=O) groups is 1. The molecule has 4 aliphatic carbocycles. The Labute approximate surface area is 133 Å². The summed E-state index contributed by atoms with van der Waals surface area (Å²) < 4.78 is 0. The number of aliphatic hydroxyl groups is 2. The number of aliphatic hydroxyl groups excluding tert-OH is 1. The van der Waals surface area contributed by atoms with Crippen LogP contribution >= 0.6 is 0 Å². The van der Waals surface area contributed by atoms with Crippen LogP contribution in [0.2, 0.25) is 0 Å². The van der Waals surface area contributed by atoms with Crippen LogP contribution in [0.3, 0.4) is 0 Å². The third kappa shape index (κ3) is 1.78. The molecule has 0 aromatic carbocycles. The summed E-state index contributed by atoms with van der Waals surface area (Å²) in [7, 11) is 0. The van der Waals surface area contributed by atoms with Gasteiger partial charge in [0, 0.05) is 6.42 Å². The highest BCUT2D eigenvalue weighted by atomic mass is 16.5. The van der Waals surface area contributed by atoms with Crippen molar-refractivity contribution in [2.45, 2.75) is 77.4 Å². The van der Waals surface area contributed by atoms with Gasteiger partial charge in [0.1, 0.15) is 5.78 Å². The Morgan fingerprint density at radius 3 is 2.59 bits per heavy atom. The molecule has 0 aromatic heterocycles. The summed E-state index contributed by atoms with van der Waals surface area (Å²) in [5.74, 6) is 2.46. The van der Waals surface area contributed by atoms with Crippen LogP contribution in [-0.4, -0.2) is 22.3 Å². The Hall–Kier alpha value is -0.410. The molecule has 4 rings (SSSR count). The SMILES string of the molecule is C[C@]12CCCCC1CC[C@@H]1[C@@H]2CC[C@]2(C(O)O)C(=O)CC[C@@H]12. The summed E-state index contributed by atoms with van der Waals surface area (Å²) in [4.78, 5) is 12.5. The molecule has 3 heteroatoms.